The van der Waals surface area contributed by atoms with Gasteiger partial charge in [-0.25, -0.2) is 23.3 Å². The fourth-order valence-corrected chi connectivity index (χ4v) is 4.17. The zero-order chi connectivity index (χ0) is 22.9. The van der Waals surface area contributed by atoms with Crippen molar-refractivity contribution in [3.63, 3.8) is 0 Å². The van der Waals surface area contributed by atoms with E-state index in [4.69, 9.17) is 0 Å². The molecule has 0 saturated carbocycles. The van der Waals surface area contributed by atoms with Gasteiger partial charge in [0.05, 0.1) is 5.69 Å². The molecule has 1 aliphatic heterocycles. The Morgan fingerprint density at radius 1 is 1.00 bits per heavy atom. The molecule has 2 aromatic carbocycles. The second-order valence-electron chi connectivity index (χ2n) is 8.04. The maximum Gasteiger partial charge on any atom is 0.352 e. The first-order valence-corrected chi connectivity index (χ1v) is 10.8. The van der Waals surface area contributed by atoms with Crippen molar-refractivity contribution >= 4 is 17.2 Å². The highest BCUT2D eigenvalue weighted by Gasteiger charge is 2.24. The summed E-state index contributed by atoms with van der Waals surface area (Å²) in [6.45, 7) is 3.63. The number of para-hydroxylation sites is 1. The van der Waals surface area contributed by atoms with Crippen LogP contribution >= 0.6 is 0 Å². The fraction of sp³-hybridized carbons (Fsp3) is 0.250. The van der Waals surface area contributed by atoms with E-state index in [2.05, 4.69) is 10.1 Å². The molecule has 9 heteroatoms. The number of fused-ring (bicyclic) bond motifs is 1. The van der Waals surface area contributed by atoms with Crippen LogP contribution in [0.1, 0.15) is 5.69 Å². The third kappa shape index (κ3) is 3.97. The number of halogens is 1. The monoisotopic (exact) mass is 446 g/mol. The molecular weight excluding hydrogens is 423 g/mol. The van der Waals surface area contributed by atoms with Gasteiger partial charge in [-0.2, -0.15) is 0 Å². The third-order valence-corrected chi connectivity index (χ3v) is 5.84. The standard InChI is InChI=1S/C24H23FN6O2/c1-17-15-21-27-30(24(33)31(21)23(26-17)18-7-3-2-4-8-18)16-22(32)29-13-11-28(12-14-29)20-10-6-5-9-19(20)25/h2-10,15H,11-14,16H2,1H3. The van der Waals surface area contributed by atoms with Crippen LogP contribution in [0.2, 0.25) is 0 Å². The minimum Gasteiger partial charge on any atom is -0.366 e. The smallest absolute Gasteiger partial charge is 0.352 e. The molecule has 0 atom stereocenters. The predicted octanol–water partition coefficient (Wildman–Crippen LogP) is 2.35. The van der Waals surface area contributed by atoms with E-state index in [-0.39, 0.29) is 18.3 Å². The van der Waals surface area contributed by atoms with E-state index in [0.29, 0.717) is 43.3 Å². The van der Waals surface area contributed by atoms with Crippen molar-refractivity contribution in [1.82, 2.24) is 24.1 Å². The molecule has 1 aliphatic rings. The number of anilines is 1. The average molecular weight is 446 g/mol. The normalized spacial score (nSPS) is 14.1. The fourth-order valence-electron chi connectivity index (χ4n) is 4.17. The quantitative estimate of drug-likeness (QED) is 0.481. The lowest BCUT2D eigenvalue weighted by Gasteiger charge is -2.36. The summed E-state index contributed by atoms with van der Waals surface area (Å²) in [4.78, 5) is 34.2. The third-order valence-electron chi connectivity index (χ3n) is 5.84. The van der Waals surface area contributed by atoms with E-state index >= 15 is 0 Å². The molecule has 3 heterocycles. The Morgan fingerprint density at radius 3 is 2.42 bits per heavy atom. The van der Waals surface area contributed by atoms with Gasteiger partial charge in [-0.15, -0.1) is 5.10 Å². The molecule has 4 aromatic rings. The lowest BCUT2D eigenvalue weighted by Crippen LogP contribution is -2.50. The van der Waals surface area contributed by atoms with E-state index in [1.807, 2.05) is 42.2 Å². The molecule has 0 unspecified atom stereocenters. The molecule has 0 radical (unpaired) electrons. The Balaban J connectivity index is 1.36. The number of nitrogens with zero attached hydrogens (tertiary/aromatic N) is 6. The molecule has 1 fully saturated rings. The number of aryl methyl sites for hydroxylation is 1. The maximum atomic E-state index is 14.1. The molecule has 0 N–H and O–H groups in total. The van der Waals surface area contributed by atoms with Gasteiger partial charge in [0.2, 0.25) is 5.91 Å². The molecule has 0 aliphatic carbocycles. The SMILES string of the molecule is Cc1cc2nn(CC(=O)N3CCN(c4ccccc4F)CC3)c(=O)n2c(-c2ccccc2)n1. The van der Waals surface area contributed by atoms with Crippen LogP contribution in [0.4, 0.5) is 10.1 Å². The van der Waals surface area contributed by atoms with Crippen LogP contribution in [0.15, 0.2) is 65.5 Å². The van der Waals surface area contributed by atoms with Gasteiger partial charge in [-0.3, -0.25) is 4.79 Å². The molecule has 0 spiro atoms. The van der Waals surface area contributed by atoms with Gasteiger partial charge in [-0.05, 0) is 19.1 Å². The Labute approximate surface area is 189 Å². The van der Waals surface area contributed by atoms with E-state index in [0.717, 1.165) is 11.3 Å². The summed E-state index contributed by atoms with van der Waals surface area (Å²) < 4.78 is 16.7. The van der Waals surface area contributed by atoms with Gasteiger partial charge in [0, 0.05) is 43.5 Å². The minimum absolute atomic E-state index is 0.159. The summed E-state index contributed by atoms with van der Waals surface area (Å²) in [6, 6.07) is 17.8. The summed E-state index contributed by atoms with van der Waals surface area (Å²) in [7, 11) is 0. The molecule has 0 bridgehead atoms. The van der Waals surface area contributed by atoms with Crippen LogP contribution in [0, 0.1) is 12.7 Å². The highest BCUT2D eigenvalue weighted by Crippen LogP contribution is 2.20. The maximum absolute atomic E-state index is 14.1. The van der Waals surface area contributed by atoms with Crippen molar-refractivity contribution in [3.8, 4) is 11.4 Å². The molecule has 168 valence electrons. The van der Waals surface area contributed by atoms with E-state index in [1.54, 1.807) is 29.2 Å². The van der Waals surface area contributed by atoms with E-state index < -0.39 is 5.69 Å². The van der Waals surface area contributed by atoms with Crippen LogP contribution in [0.25, 0.3) is 17.0 Å². The summed E-state index contributed by atoms with van der Waals surface area (Å²) in [5.41, 5.74) is 2.10. The van der Waals surface area contributed by atoms with Crippen molar-refractivity contribution in [3.05, 3.63) is 82.7 Å². The van der Waals surface area contributed by atoms with Crippen molar-refractivity contribution in [2.24, 2.45) is 0 Å². The van der Waals surface area contributed by atoms with E-state index in [9.17, 15) is 14.0 Å². The number of carbonyl (C=O) groups is 1. The van der Waals surface area contributed by atoms with Crippen LogP contribution < -0.4 is 10.6 Å². The predicted molar refractivity (Wildman–Crippen MR) is 123 cm³/mol. The summed E-state index contributed by atoms with van der Waals surface area (Å²) in [5, 5.41) is 4.39. The topological polar surface area (TPSA) is 75.7 Å². The number of hydrogen-bond acceptors (Lipinski definition) is 5. The van der Waals surface area contributed by atoms with E-state index in [1.165, 1.54) is 15.1 Å². The molecule has 2 aromatic heterocycles. The Bertz CT molecular complexity index is 1370. The zero-order valence-corrected chi connectivity index (χ0v) is 18.2. The number of hydrogen-bond donors (Lipinski definition) is 0. The summed E-state index contributed by atoms with van der Waals surface area (Å²) in [5.74, 6) is 0.0269. The molecule has 1 saturated heterocycles. The first-order valence-electron chi connectivity index (χ1n) is 10.8. The van der Waals surface area contributed by atoms with Gasteiger partial charge in [-0.1, -0.05) is 42.5 Å². The molecule has 8 nitrogen and oxygen atoms in total. The second kappa shape index (κ2) is 8.50. The molecule has 5 rings (SSSR count). The van der Waals surface area contributed by atoms with Crippen molar-refractivity contribution < 1.29 is 9.18 Å². The van der Waals surface area contributed by atoms with Gasteiger partial charge < -0.3 is 9.80 Å². The molecular formula is C24H23FN6O2. The minimum atomic E-state index is -0.408. The molecule has 1 amide bonds. The summed E-state index contributed by atoms with van der Waals surface area (Å²) >= 11 is 0. The average Bonchev–Trinajstić information content (AvgIpc) is 3.14. The van der Waals surface area contributed by atoms with Gasteiger partial charge >= 0.3 is 5.69 Å². The number of amides is 1. The van der Waals surface area contributed by atoms with Crippen LogP contribution in [-0.4, -0.2) is 56.2 Å². The lowest BCUT2D eigenvalue weighted by atomic mass is 10.2. The molecule has 33 heavy (non-hydrogen) atoms. The van der Waals surface area contributed by atoms with Crippen molar-refractivity contribution in [2.45, 2.75) is 13.5 Å². The van der Waals surface area contributed by atoms with Crippen molar-refractivity contribution in [1.29, 1.82) is 0 Å². The Kier molecular flexibility index (Phi) is 5.37. The summed E-state index contributed by atoms with van der Waals surface area (Å²) in [6.07, 6.45) is 0. The number of carbonyl (C=O) groups excluding carboxylic acids is 1. The van der Waals surface area contributed by atoms with Crippen LogP contribution in [-0.2, 0) is 11.3 Å². The van der Waals surface area contributed by atoms with Gasteiger partial charge in [0.15, 0.2) is 5.65 Å². The first-order chi connectivity index (χ1) is 16.0. The highest BCUT2D eigenvalue weighted by atomic mass is 19.1. The Hall–Kier alpha value is -4.01. The van der Waals surface area contributed by atoms with Crippen LogP contribution in [0.3, 0.4) is 0 Å². The van der Waals surface area contributed by atoms with Gasteiger partial charge in [0.25, 0.3) is 0 Å². The van der Waals surface area contributed by atoms with Gasteiger partial charge in [0.1, 0.15) is 18.2 Å². The second-order valence-corrected chi connectivity index (χ2v) is 8.04. The van der Waals surface area contributed by atoms with Crippen molar-refractivity contribution in [2.75, 3.05) is 31.1 Å². The number of aromatic nitrogens is 4. The lowest BCUT2D eigenvalue weighted by molar-refractivity contribution is -0.132. The highest BCUT2D eigenvalue weighted by molar-refractivity contribution is 5.76. The number of benzene rings is 2. The zero-order valence-electron chi connectivity index (χ0n) is 18.2. The number of rotatable bonds is 4. The Morgan fingerprint density at radius 2 is 1.70 bits per heavy atom. The first kappa shape index (κ1) is 20.9. The largest absolute Gasteiger partial charge is 0.366 e. The number of piperazine rings is 1. The van der Waals surface area contributed by atoms with Crippen LogP contribution in [0.5, 0.6) is 0 Å².